The molecule has 2 heterocycles. The lowest BCUT2D eigenvalue weighted by Crippen LogP contribution is -2.37. The van der Waals surface area contributed by atoms with Crippen LogP contribution in [0.5, 0.6) is 0 Å². The maximum Gasteiger partial charge on any atom is 0.255 e. The topological polar surface area (TPSA) is 99.8 Å². The second kappa shape index (κ2) is 10.7. The summed E-state index contributed by atoms with van der Waals surface area (Å²) >= 11 is 0. The molecule has 1 atom stereocenters. The molecule has 2 aromatic carbocycles. The Morgan fingerprint density at radius 3 is 2.49 bits per heavy atom. The van der Waals surface area contributed by atoms with E-state index in [0.717, 1.165) is 18.4 Å². The average molecular weight is 498 g/mol. The van der Waals surface area contributed by atoms with E-state index >= 15 is 0 Å². The van der Waals surface area contributed by atoms with Gasteiger partial charge in [0, 0.05) is 49.8 Å². The van der Waals surface area contributed by atoms with Gasteiger partial charge in [-0.2, -0.15) is 4.31 Å². The molecule has 1 aliphatic heterocycles. The first-order chi connectivity index (χ1) is 16.8. The largest absolute Gasteiger partial charge is 0.376 e. The molecule has 1 aromatic heterocycles. The predicted molar refractivity (Wildman–Crippen MR) is 135 cm³/mol. The molecule has 35 heavy (non-hydrogen) atoms. The number of sulfonamides is 1. The van der Waals surface area contributed by atoms with Gasteiger partial charge >= 0.3 is 0 Å². The van der Waals surface area contributed by atoms with Crippen molar-refractivity contribution in [3.63, 3.8) is 0 Å². The van der Waals surface area contributed by atoms with Crippen molar-refractivity contribution in [1.82, 2.24) is 14.2 Å². The zero-order chi connectivity index (χ0) is 25.0. The van der Waals surface area contributed by atoms with Gasteiger partial charge in [0.05, 0.1) is 16.6 Å². The van der Waals surface area contributed by atoms with Crippen LogP contribution in [0, 0.1) is 0 Å². The molecular weight excluding hydrogens is 466 g/mol. The smallest absolute Gasteiger partial charge is 0.255 e. The Labute approximate surface area is 205 Å². The van der Waals surface area contributed by atoms with E-state index in [4.69, 9.17) is 4.74 Å². The second-order valence-electron chi connectivity index (χ2n) is 8.65. The minimum absolute atomic E-state index is 0.0745. The van der Waals surface area contributed by atoms with Gasteiger partial charge in [0.15, 0.2) is 0 Å². The Balaban J connectivity index is 1.78. The number of nitrogens with zero attached hydrogens (tertiary/aromatic N) is 2. The van der Waals surface area contributed by atoms with Crippen LogP contribution < -0.4 is 5.56 Å². The number of carbonyl (C=O) groups excluding carboxylic acids is 1. The summed E-state index contributed by atoms with van der Waals surface area (Å²) in [5.74, 6) is -0.335. The number of rotatable bonds is 9. The Hall–Kier alpha value is -3.01. The van der Waals surface area contributed by atoms with Gasteiger partial charge in [0.25, 0.3) is 5.91 Å². The van der Waals surface area contributed by atoms with Gasteiger partial charge in [-0.25, -0.2) is 8.42 Å². The van der Waals surface area contributed by atoms with E-state index in [1.807, 2.05) is 30.3 Å². The zero-order valence-corrected chi connectivity index (χ0v) is 20.9. The number of hydrogen-bond donors (Lipinski definition) is 1. The number of aromatic nitrogens is 1. The van der Waals surface area contributed by atoms with Crippen molar-refractivity contribution in [2.45, 2.75) is 44.2 Å². The summed E-state index contributed by atoms with van der Waals surface area (Å²) in [6, 6.07) is 15.4. The van der Waals surface area contributed by atoms with Crippen molar-refractivity contribution in [3.05, 3.63) is 76.1 Å². The number of amides is 1. The van der Waals surface area contributed by atoms with Gasteiger partial charge < -0.3 is 14.6 Å². The molecule has 8 nitrogen and oxygen atoms in total. The molecular formula is C26H31N3O5S. The SMILES string of the molecule is CCN(CC)S(=O)(=O)c1ccc2[nH]c(=O)cc(C(=O)N(Cc3ccccc3)CC3CCCO3)c2c1. The molecule has 1 saturated heterocycles. The van der Waals surface area contributed by atoms with E-state index in [0.29, 0.717) is 43.7 Å². The molecule has 186 valence electrons. The normalized spacial score (nSPS) is 16.1. The van der Waals surface area contributed by atoms with Crippen LogP contribution in [0.3, 0.4) is 0 Å². The lowest BCUT2D eigenvalue weighted by molar-refractivity contribution is 0.0508. The predicted octanol–water partition coefficient (Wildman–Crippen LogP) is 3.38. The summed E-state index contributed by atoms with van der Waals surface area (Å²) < 4.78 is 33.4. The van der Waals surface area contributed by atoms with Gasteiger partial charge in [-0.05, 0) is 36.6 Å². The number of benzene rings is 2. The third-order valence-electron chi connectivity index (χ3n) is 6.34. The molecule has 1 N–H and O–H groups in total. The lowest BCUT2D eigenvalue weighted by atomic mass is 10.1. The van der Waals surface area contributed by atoms with Crippen LogP contribution in [-0.2, 0) is 21.3 Å². The summed E-state index contributed by atoms with van der Waals surface area (Å²) in [6.45, 7) is 5.63. The fourth-order valence-electron chi connectivity index (χ4n) is 4.51. The fraction of sp³-hybridized carbons (Fsp3) is 0.385. The van der Waals surface area contributed by atoms with Gasteiger partial charge in [0.1, 0.15) is 0 Å². The fourth-order valence-corrected chi connectivity index (χ4v) is 6.00. The molecule has 4 rings (SSSR count). The van der Waals surface area contributed by atoms with Crippen molar-refractivity contribution in [2.24, 2.45) is 0 Å². The first kappa shape index (κ1) is 25.1. The summed E-state index contributed by atoms with van der Waals surface area (Å²) in [7, 11) is -3.74. The number of hydrogen-bond acceptors (Lipinski definition) is 5. The Bertz CT molecular complexity index is 1340. The third kappa shape index (κ3) is 5.47. The third-order valence-corrected chi connectivity index (χ3v) is 8.39. The van der Waals surface area contributed by atoms with Gasteiger partial charge in [-0.1, -0.05) is 44.2 Å². The molecule has 0 aliphatic carbocycles. The Kier molecular flexibility index (Phi) is 7.69. The zero-order valence-electron chi connectivity index (χ0n) is 20.1. The highest BCUT2D eigenvalue weighted by Gasteiger charge is 2.27. The van der Waals surface area contributed by atoms with Crippen LogP contribution in [0.15, 0.2) is 64.3 Å². The Morgan fingerprint density at radius 2 is 1.83 bits per heavy atom. The van der Waals surface area contributed by atoms with E-state index in [9.17, 15) is 18.0 Å². The van der Waals surface area contributed by atoms with Crippen LogP contribution >= 0.6 is 0 Å². The van der Waals surface area contributed by atoms with Crippen LogP contribution in [0.1, 0.15) is 42.6 Å². The Morgan fingerprint density at radius 1 is 1.09 bits per heavy atom. The number of fused-ring (bicyclic) bond motifs is 1. The van der Waals surface area contributed by atoms with E-state index in [1.165, 1.54) is 22.5 Å². The van der Waals surface area contributed by atoms with Crippen molar-refractivity contribution in [3.8, 4) is 0 Å². The quantitative estimate of drug-likeness (QED) is 0.489. The van der Waals surface area contributed by atoms with E-state index in [-0.39, 0.29) is 22.5 Å². The summed E-state index contributed by atoms with van der Waals surface area (Å²) in [6.07, 6.45) is 1.73. The minimum Gasteiger partial charge on any atom is -0.376 e. The first-order valence-corrected chi connectivity index (χ1v) is 13.4. The summed E-state index contributed by atoms with van der Waals surface area (Å²) in [5.41, 5.74) is 1.13. The number of nitrogens with one attached hydrogen (secondary N) is 1. The molecule has 0 radical (unpaired) electrons. The van der Waals surface area contributed by atoms with E-state index in [2.05, 4.69) is 4.98 Å². The van der Waals surface area contributed by atoms with Crippen molar-refractivity contribution >= 4 is 26.8 Å². The van der Waals surface area contributed by atoms with Gasteiger partial charge in [-0.3, -0.25) is 9.59 Å². The highest BCUT2D eigenvalue weighted by Crippen LogP contribution is 2.25. The van der Waals surface area contributed by atoms with Crippen LogP contribution in [-0.4, -0.2) is 60.9 Å². The lowest BCUT2D eigenvalue weighted by Gasteiger charge is -2.26. The second-order valence-corrected chi connectivity index (χ2v) is 10.6. The van der Waals surface area contributed by atoms with Crippen molar-refractivity contribution < 1.29 is 17.9 Å². The molecule has 9 heteroatoms. The monoisotopic (exact) mass is 497 g/mol. The van der Waals surface area contributed by atoms with Crippen molar-refractivity contribution in [1.29, 1.82) is 0 Å². The molecule has 1 fully saturated rings. The maximum atomic E-state index is 13.9. The maximum absolute atomic E-state index is 13.9. The molecule has 0 bridgehead atoms. The number of ether oxygens (including phenoxy) is 1. The van der Waals surface area contributed by atoms with Crippen LogP contribution in [0.4, 0.5) is 0 Å². The molecule has 1 unspecified atom stereocenters. The number of carbonyl (C=O) groups is 1. The van der Waals surface area contributed by atoms with Crippen LogP contribution in [0.25, 0.3) is 10.9 Å². The summed E-state index contributed by atoms with van der Waals surface area (Å²) in [4.78, 5) is 30.8. The van der Waals surface area contributed by atoms with E-state index in [1.54, 1.807) is 24.8 Å². The highest BCUT2D eigenvalue weighted by molar-refractivity contribution is 7.89. The van der Waals surface area contributed by atoms with Gasteiger partial charge in [-0.15, -0.1) is 0 Å². The molecule has 3 aromatic rings. The summed E-state index contributed by atoms with van der Waals surface area (Å²) in [5, 5.41) is 0.397. The molecule has 0 spiro atoms. The van der Waals surface area contributed by atoms with Crippen LogP contribution in [0.2, 0.25) is 0 Å². The standard InChI is InChI=1S/C26H31N3O5S/c1-3-29(4-2)35(32,33)21-12-13-24-22(15-21)23(16-25(30)27-24)26(31)28(18-20-11-8-14-34-20)17-19-9-6-5-7-10-19/h5-7,9-10,12-13,15-16,20H,3-4,8,11,14,17-18H2,1-2H3,(H,27,30). The number of H-pyrrole nitrogens is 1. The number of aromatic amines is 1. The molecule has 0 saturated carbocycles. The first-order valence-electron chi connectivity index (χ1n) is 12.0. The molecule has 1 amide bonds. The van der Waals surface area contributed by atoms with E-state index < -0.39 is 15.6 Å². The molecule has 1 aliphatic rings. The minimum atomic E-state index is -3.74. The van der Waals surface area contributed by atoms with Gasteiger partial charge in [0.2, 0.25) is 15.6 Å². The average Bonchev–Trinajstić information content (AvgIpc) is 3.37. The number of pyridine rings is 1. The highest BCUT2D eigenvalue weighted by atomic mass is 32.2. The van der Waals surface area contributed by atoms with Crippen molar-refractivity contribution in [2.75, 3.05) is 26.2 Å².